The normalized spacial score (nSPS) is 16.1. The smallest absolute Gasteiger partial charge is 0.406 e. The average Bonchev–Trinajstić information content (AvgIpc) is 3.19. The van der Waals surface area contributed by atoms with Crippen molar-refractivity contribution in [1.29, 1.82) is 0 Å². The predicted octanol–water partition coefficient (Wildman–Crippen LogP) is 4.58. The molecule has 0 aliphatic carbocycles. The standard InChI is InChI=1S/C23H18F4N4O2/c1-12-21(30-17-7-4-14(24)8-16(17)22(12)32)19-11-31-10-18(28-9-20(31)29-19)13-2-5-15(6-3-13)33-23(25,26)27/h2-8,11,18,28H,9-10H2,1H3,(H,30,32). The van der Waals surface area contributed by atoms with Crippen LogP contribution >= 0.6 is 0 Å². The van der Waals surface area contributed by atoms with E-state index in [-0.39, 0.29) is 22.6 Å². The Labute approximate surface area is 184 Å². The van der Waals surface area contributed by atoms with Crippen molar-refractivity contribution < 1.29 is 22.3 Å². The molecule has 0 saturated carbocycles. The summed E-state index contributed by atoms with van der Waals surface area (Å²) in [6.45, 7) is 2.61. The zero-order valence-electron chi connectivity index (χ0n) is 17.3. The number of rotatable bonds is 3. The lowest BCUT2D eigenvalue weighted by Crippen LogP contribution is -2.32. The number of ether oxygens (including phenoxy) is 1. The fraction of sp³-hybridized carbons (Fsp3) is 0.217. The molecule has 6 nitrogen and oxygen atoms in total. The third kappa shape index (κ3) is 4.09. The fourth-order valence-electron chi connectivity index (χ4n) is 4.09. The second-order valence-corrected chi connectivity index (χ2v) is 7.89. The molecule has 33 heavy (non-hydrogen) atoms. The van der Waals surface area contributed by atoms with E-state index in [0.29, 0.717) is 35.6 Å². The first kappa shape index (κ1) is 21.2. The lowest BCUT2D eigenvalue weighted by atomic mass is 10.1. The van der Waals surface area contributed by atoms with E-state index in [1.807, 2.05) is 10.8 Å². The van der Waals surface area contributed by atoms with Gasteiger partial charge in [-0.2, -0.15) is 0 Å². The molecular weight excluding hydrogens is 440 g/mol. The second kappa shape index (κ2) is 7.73. The van der Waals surface area contributed by atoms with E-state index >= 15 is 0 Å². The van der Waals surface area contributed by atoms with Gasteiger partial charge in [0.05, 0.1) is 18.3 Å². The highest BCUT2D eigenvalue weighted by atomic mass is 19.4. The van der Waals surface area contributed by atoms with Crippen molar-refractivity contribution in [2.45, 2.75) is 32.4 Å². The summed E-state index contributed by atoms with van der Waals surface area (Å²) in [5.74, 6) is 0.00808. The quantitative estimate of drug-likeness (QED) is 0.441. The van der Waals surface area contributed by atoms with Crippen molar-refractivity contribution in [2.24, 2.45) is 0 Å². The summed E-state index contributed by atoms with van der Waals surface area (Å²) in [5, 5.41) is 3.60. The number of hydrogen-bond acceptors (Lipinski definition) is 4. The Morgan fingerprint density at radius 2 is 1.91 bits per heavy atom. The molecule has 0 fully saturated rings. The third-order valence-corrected chi connectivity index (χ3v) is 5.72. The van der Waals surface area contributed by atoms with Crippen LogP contribution in [0.4, 0.5) is 17.6 Å². The Hall–Kier alpha value is -3.66. The molecule has 3 heterocycles. The summed E-state index contributed by atoms with van der Waals surface area (Å²) >= 11 is 0. The van der Waals surface area contributed by atoms with Crippen molar-refractivity contribution in [3.05, 3.63) is 81.7 Å². The monoisotopic (exact) mass is 458 g/mol. The van der Waals surface area contributed by atoms with Gasteiger partial charge in [0.1, 0.15) is 23.1 Å². The topological polar surface area (TPSA) is 71.9 Å². The molecule has 1 atom stereocenters. The first-order valence-corrected chi connectivity index (χ1v) is 10.2. The van der Waals surface area contributed by atoms with E-state index in [0.717, 1.165) is 11.4 Å². The maximum atomic E-state index is 13.6. The van der Waals surface area contributed by atoms with Gasteiger partial charge in [0.2, 0.25) is 0 Å². The number of H-pyrrole nitrogens is 1. The molecule has 0 radical (unpaired) electrons. The van der Waals surface area contributed by atoms with Gasteiger partial charge in [0.25, 0.3) is 0 Å². The molecule has 1 aliphatic heterocycles. The molecule has 2 aromatic heterocycles. The summed E-state index contributed by atoms with van der Waals surface area (Å²) in [6.07, 6.45) is -2.90. The molecule has 0 saturated heterocycles. The van der Waals surface area contributed by atoms with Gasteiger partial charge in [-0.05, 0) is 42.8 Å². The Morgan fingerprint density at radius 1 is 1.15 bits per heavy atom. The number of nitrogens with one attached hydrogen (secondary N) is 2. The summed E-state index contributed by atoms with van der Waals surface area (Å²) in [4.78, 5) is 20.6. The van der Waals surface area contributed by atoms with Crippen molar-refractivity contribution in [1.82, 2.24) is 19.9 Å². The van der Waals surface area contributed by atoms with Crippen LogP contribution in [-0.2, 0) is 13.1 Å². The number of pyridine rings is 1. The molecular formula is C23H18F4N4O2. The van der Waals surface area contributed by atoms with Crippen molar-refractivity contribution in [3.8, 4) is 17.1 Å². The van der Waals surface area contributed by atoms with Crippen LogP contribution in [0.25, 0.3) is 22.3 Å². The lowest BCUT2D eigenvalue weighted by Gasteiger charge is -2.25. The van der Waals surface area contributed by atoms with Crippen LogP contribution in [0, 0.1) is 12.7 Å². The molecule has 170 valence electrons. The van der Waals surface area contributed by atoms with E-state index in [9.17, 15) is 22.4 Å². The Morgan fingerprint density at radius 3 is 2.64 bits per heavy atom. The van der Waals surface area contributed by atoms with Gasteiger partial charge in [-0.3, -0.25) is 4.79 Å². The molecule has 1 unspecified atom stereocenters. The van der Waals surface area contributed by atoms with Crippen LogP contribution in [0.5, 0.6) is 5.75 Å². The van der Waals surface area contributed by atoms with Crippen LogP contribution in [0.15, 0.2) is 53.5 Å². The average molecular weight is 458 g/mol. The van der Waals surface area contributed by atoms with E-state index < -0.39 is 12.2 Å². The van der Waals surface area contributed by atoms with Crippen LogP contribution < -0.4 is 15.5 Å². The Balaban J connectivity index is 1.43. The van der Waals surface area contributed by atoms with Gasteiger partial charge >= 0.3 is 6.36 Å². The number of benzene rings is 2. The van der Waals surface area contributed by atoms with E-state index in [1.165, 1.54) is 30.3 Å². The van der Waals surface area contributed by atoms with Gasteiger partial charge in [-0.15, -0.1) is 13.2 Å². The van der Waals surface area contributed by atoms with Gasteiger partial charge in [0, 0.05) is 29.2 Å². The summed E-state index contributed by atoms with van der Waals surface area (Å²) in [5.41, 5.74) is 2.65. The number of imidazole rings is 1. The zero-order chi connectivity index (χ0) is 23.3. The molecule has 2 N–H and O–H groups in total. The number of aromatic amines is 1. The lowest BCUT2D eigenvalue weighted by molar-refractivity contribution is -0.274. The van der Waals surface area contributed by atoms with Crippen LogP contribution in [0.2, 0.25) is 0 Å². The van der Waals surface area contributed by atoms with E-state index in [1.54, 1.807) is 19.1 Å². The number of fused-ring (bicyclic) bond motifs is 2. The largest absolute Gasteiger partial charge is 0.573 e. The highest BCUT2D eigenvalue weighted by molar-refractivity contribution is 5.82. The molecule has 5 rings (SSSR count). The summed E-state index contributed by atoms with van der Waals surface area (Å²) in [7, 11) is 0. The number of nitrogens with zero attached hydrogens (tertiary/aromatic N) is 2. The van der Waals surface area contributed by atoms with Gasteiger partial charge in [0.15, 0.2) is 5.43 Å². The molecule has 1 aliphatic rings. The van der Waals surface area contributed by atoms with E-state index in [4.69, 9.17) is 0 Å². The number of hydrogen-bond donors (Lipinski definition) is 2. The number of halogens is 4. The third-order valence-electron chi connectivity index (χ3n) is 5.72. The van der Waals surface area contributed by atoms with Crippen molar-refractivity contribution in [3.63, 3.8) is 0 Å². The van der Waals surface area contributed by atoms with Crippen molar-refractivity contribution in [2.75, 3.05) is 0 Å². The Kier molecular flexibility index (Phi) is 4.97. The molecule has 0 spiro atoms. The molecule has 0 amide bonds. The summed E-state index contributed by atoms with van der Waals surface area (Å²) in [6, 6.07) is 9.62. The maximum absolute atomic E-state index is 13.6. The first-order valence-electron chi connectivity index (χ1n) is 10.2. The molecule has 4 aromatic rings. The summed E-state index contributed by atoms with van der Waals surface area (Å²) < 4.78 is 56.6. The number of alkyl halides is 3. The maximum Gasteiger partial charge on any atom is 0.573 e. The van der Waals surface area contributed by atoms with Gasteiger partial charge in [-0.1, -0.05) is 12.1 Å². The molecule has 0 bridgehead atoms. The second-order valence-electron chi connectivity index (χ2n) is 7.89. The zero-order valence-corrected chi connectivity index (χ0v) is 17.3. The highest BCUT2D eigenvalue weighted by Crippen LogP contribution is 2.28. The minimum absolute atomic E-state index is 0.140. The van der Waals surface area contributed by atoms with Crippen LogP contribution in [0.3, 0.4) is 0 Å². The van der Waals surface area contributed by atoms with Crippen LogP contribution in [0.1, 0.15) is 23.0 Å². The van der Waals surface area contributed by atoms with Crippen molar-refractivity contribution >= 4 is 10.9 Å². The first-order chi connectivity index (χ1) is 15.7. The minimum atomic E-state index is -4.73. The predicted molar refractivity (Wildman–Crippen MR) is 113 cm³/mol. The fourth-order valence-corrected chi connectivity index (χ4v) is 4.09. The van der Waals surface area contributed by atoms with Gasteiger partial charge in [-0.25, -0.2) is 9.37 Å². The number of aromatic nitrogens is 3. The molecule has 10 heteroatoms. The Bertz CT molecular complexity index is 1410. The SMILES string of the molecule is Cc1c(-c2cn3c(n2)CNC(c2ccc(OC(F)(F)F)cc2)C3)[nH]c2ccc(F)cc2c1=O. The molecule has 2 aromatic carbocycles. The van der Waals surface area contributed by atoms with Gasteiger partial charge < -0.3 is 19.6 Å². The minimum Gasteiger partial charge on any atom is -0.406 e. The van der Waals surface area contributed by atoms with E-state index in [2.05, 4.69) is 20.0 Å². The highest BCUT2D eigenvalue weighted by Gasteiger charge is 2.31. The van der Waals surface area contributed by atoms with Crippen LogP contribution in [-0.4, -0.2) is 20.9 Å².